The Morgan fingerprint density at radius 1 is 1.15 bits per heavy atom. The highest BCUT2D eigenvalue weighted by Crippen LogP contribution is 2.22. The molecule has 2 atom stereocenters. The monoisotopic (exact) mass is 281 g/mol. The quantitative estimate of drug-likeness (QED) is 0.715. The number of aliphatic hydroxyl groups is 1. The van der Waals surface area contributed by atoms with E-state index in [1.165, 1.54) is 12.1 Å². The number of hydrogen-bond acceptors (Lipinski definition) is 2. The number of aliphatic hydroxyl groups excluding tert-OH is 1. The predicted octanol–water partition coefficient (Wildman–Crippen LogP) is 4.05. The van der Waals surface area contributed by atoms with Crippen molar-refractivity contribution in [2.45, 2.75) is 58.5 Å². The van der Waals surface area contributed by atoms with Crippen LogP contribution in [0.25, 0.3) is 0 Å². The Balaban J connectivity index is 2.79. The van der Waals surface area contributed by atoms with E-state index in [0.717, 1.165) is 31.2 Å². The van der Waals surface area contributed by atoms with Gasteiger partial charge in [-0.1, -0.05) is 45.7 Å². The fourth-order valence-electron chi connectivity index (χ4n) is 2.46. The lowest BCUT2D eigenvalue weighted by Gasteiger charge is -2.28. The second-order valence-corrected chi connectivity index (χ2v) is 5.78. The molecule has 114 valence electrons. The minimum absolute atomic E-state index is 0.194. The second kappa shape index (κ2) is 9.09. The molecule has 0 spiro atoms. The minimum atomic E-state index is -0.196. The molecule has 0 aliphatic carbocycles. The van der Waals surface area contributed by atoms with E-state index in [4.69, 9.17) is 0 Å². The molecule has 0 amide bonds. The Hall–Kier alpha value is -0.930. The summed E-state index contributed by atoms with van der Waals surface area (Å²) < 4.78 is 13.1. The molecule has 2 N–H and O–H groups in total. The Kier molecular flexibility index (Phi) is 7.78. The molecule has 2 nitrogen and oxygen atoms in total. The van der Waals surface area contributed by atoms with Gasteiger partial charge in [0.2, 0.25) is 0 Å². The van der Waals surface area contributed by atoms with Crippen LogP contribution in [-0.2, 0) is 0 Å². The molecule has 0 radical (unpaired) electrons. The van der Waals surface area contributed by atoms with Crippen LogP contribution in [0.15, 0.2) is 24.3 Å². The van der Waals surface area contributed by atoms with Gasteiger partial charge in [0.15, 0.2) is 0 Å². The van der Waals surface area contributed by atoms with E-state index < -0.39 is 0 Å². The van der Waals surface area contributed by atoms with Crippen molar-refractivity contribution >= 4 is 0 Å². The lowest BCUT2D eigenvalue weighted by atomic mass is 9.95. The Morgan fingerprint density at radius 3 is 2.30 bits per heavy atom. The third-order valence-electron chi connectivity index (χ3n) is 3.78. The fraction of sp³-hybridized carbons (Fsp3) is 0.647. The van der Waals surface area contributed by atoms with Crippen molar-refractivity contribution in [1.29, 1.82) is 0 Å². The highest BCUT2D eigenvalue weighted by atomic mass is 19.1. The lowest BCUT2D eigenvalue weighted by molar-refractivity contribution is 0.232. The first-order valence-electron chi connectivity index (χ1n) is 7.70. The topological polar surface area (TPSA) is 32.3 Å². The van der Waals surface area contributed by atoms with Crippen molar-refractivity contribution < 1.29 is 9.50 Å². The summed E-state index contributed by atoms with van der Waals surface area (Å²) >= 11 is 0. The van der Waals surface area contributed by atoms with Crippen LogP contribution in [0.5, 0.6) is 0 Å². The van der Waals surface area contributed by atoms with E-state index in [1.54, 1.807) is 0 Å². The number of nitrogens with one attached hydrogen (secondary N) is 1. The molecule has 0 fully saturated rings. The molecule has 0 bridgehead atoms. The summed E-state index contributed by atoms with van der Waals surface area (Å²) in [7, 11) is 0. The molecule has 2 unspecified atom stereocenters. The van der Waals surface area contributed by atoms with Crippen LogP contribution in [0.4, 0.5) is 4.39 Å². The van der Waals surface area contributed by atoms with Gasteiger partial charge in [0.1, 0.15) is 5.82 Å². The molecular weight excluding hydrogens is 253 g/mol. The van der Waals surface area contributed by atoms with E-state index in [9.17, 15) is 9.50 Å². The van der Waals surface area contributed by atoms with Crippen LogP contribution in [0.1, 0.15) is 58.1 Å². The SMILES string of the molecule is CCCCC(NC(CCO)C(C)C)c1ccc(F)cc1. The first-order valence-corrected chi connectivity index (χ1v) is 7.70. The van der Waals surface area contributed by atoms with Gasteiger partial charge in [-0.3, -0.25) is 0 Å². The van der Waals surface area contributed by atoms with Gasteiger partial charge in [-0.15, -0.1) is 0 Å². The normalized spacial score (nSPS) is 14.5. The zero-order valence-corrected chi connectivity index (χ0v) is 12.9. The summed E-state index contributed by atoms with van der Waals surface area (Å²) in [6.07, 6.45) is 4.07. The van der Waals surface area contributed by atoms with Gasteiger partial charge < -0.3 is 10.4 Å². The Labute approximate surface area is 122 Å². The highest BCUT2D eigenvalue weighted by molar-refractivity contribution is 5.20. The third kappa shape index (κ3) is 5.59. The molecule has 1 rings (SSSR count). The molecular formula is C17H28FNO. The average molecular weight is 281 g/mol. The maximum atomic E-state index is 13.1. The molecule has 1 aromatic carbocycles. The van der Waals surface area contributed by atoms with E-state index in [2.05, 4.69) is 26.1 Å². The van der Waals surface area contributed by atoms with Crippen molar-refractivity contribution in [3.05, 3.63) is 35.6 Å². The van der Waals surface area contributed by atoms with Crippen molar-refractivity contribution in [2.75, 3.05) is 6.61 Å². The first-order chi connectivity index (χ1) is 9.58. The maximum absolute atomic E-state index is 13.1. The Bertz CT molecular complexity index is 364. The average Bonchev–Trinajstić information content (AvgIpc) is 2.43. The summed E-state index contributed by atoms with van der Waals surface area (Å²) in [4.78, 5) is 0. The number of rotatable bonds is 9. The third-order valence-corrected chi connectivity index (χ3v) is 3.78. The van der Waals surface area contributed by atoms with E-state index >= 15 is 0 Å². The van der Waals surface area contributed by atoms with Crippen molar-refractivity contribution in [1.82, 2.24) is 5.32 Å². The lowest BCUT2D eigenvalue weighted by Crippen LogP contribution is -2.37. The number of halogens is 1. The number of hydrogen-bond donors (Lipinski definition) is 2. The summed E-state index contributed by atoms with van der Waals surface area (Å²) in [5.41, 5.74) is 1.13. The first kappa shape index (κ1) is 17.1. The molecule has 0 aliphatic rings. The Morgan fingerprint density at radius 2 is 1.80 bits per heavy atom. The molecule has 0 saturated heterocycles. The van der Waals surface area contributed by atoms with Crippen molar-refractivity contribution in [3.8, 4) is 0 Å². The van der Waals surface area contributed by atoms with Gasteiger partial charge in [-0.25, -0.2) is 4.39 Å². The number of benzene rings is 1. The standard InChI is InChI=1S/C17H28FNO/c1-4-5-6-17(14-7-9-15(18)10-8-14)19-16(11-12-20)13(2)3/h7-10,13,16-17,19-20H,4-6,11-12H2,1-3H3. The van der Waals surface area contributed by atoms with Gasteiger partial charge >= 0.3 is 0 Å². The van der Waals surface area contributed by atoms with Crippen LogP contribution in [0, 0.1) is 11.7 Å². The van der Waals surface area contributed by atoms with E-state index in [1.807, 2.05) is 12.1 Å². The van der Waals surface area contributed by atoms with E-state index in [0.29, 0.717) is 5.92 Å². The van der Waals surface area contributed by atoms with Gasteiger partial charge in [-0.05, 0) is 36.5 Å². The molecule has 1 aromatic rings. The summed E-state index contributed by atoms with van der Waals surface area (Å²) in [5, 5.41) is 12.8. The smallest absolute Gasteiger partial charge is 0.123 e. The fourth-order valence-corrected chi connectivity index (χ4v) is 2.46. The summed E-state index contributed by atoms with van der Waals surface area (Å²) in [5.74, 6) is 0.269. The van der Waals surface area contributed by atoms with Crippen LogP contribution in [0.2, 0.25) is 0 Å². The number of unbranched alkanes of at least 4 members (excludes halogenated alkanes) is 1. The van der Waals surface area contributed by atoms with Crippen molar-refractivity contribution in [3.63, 3.8) is 0 Å². The minimum Gasteiger partial charge on any atom is -0.396 e. The van der Waals surface area contributed by atoms with Gasteiger partial charge in [0.05, 0.1) is 0 Å². The molecule has 0 aliphatic heterocycles. The van der Waals surface area contributed by atoms with E-state index in [-0.39, 0.29) is 24.5 Å². The maximum Gasteiger partial charge on any atom is 0.123 e. The zero-order chi connectivity index (χ0) is 15.0. The predicted molar refractivity (Wildman–Crippen MR) is 82.1 cm³/mol. The summed E-state index contributed by atoms with van der Waals surface area (Å²) in [6, 6.07) is 7.28. The molecule has 3 heteroatoms. The highest BCUT2D eigenvalue weighted by Gasteiger charge is 2.19. The summed E-state index contributed by atoms with van der Waals surface area (Å²) in [6.45, 7) is 6.69. The molecule has 0 heterocycles. The molecule has 20 heavy (non-hydrogen) atoms. The van der Waals surface area contributed by atoms with Gasteiger partial charge in [-0.2, -0.15) is 0 Å². The molecule has 0 aromatic heterocycles. The zero-order valence-electron chi connectivity index (χ0n) is 12.9. The van der Waals surface area contributed by atoms with Crippen LogP contribution in [-0.4, -0.2) is 17.8 Å². The van der Waals surface area contributed by atoms with Gasteiger partial charge in [0, 0.05) is 18.7 Å². The largest absolute Gasteiger partial charge is 0.396 e. The van der Waals surface area contributed by atoms with Gasteiger partial charge in [0.25, 0.3) is 0 Å². The second-order valence-electron chi connectivity index (χ2n) is 5.78. The van der Waals surface area contributed by atoms with Crippen LogP contribution in [0.3, 0.4) is 0 Å². The van der Waals surface area contributed by atoms with Crippen molar-refractivity contribution in [2.24, 2.45) is 5.92 Å². The van der Waals surface area contributed by atoms with Crippen LogP contribution < -0.4 is 5.32 Å². The van der Waals surface area contributed by atoms with Crippen LogP contribution >= 0.6 is 0 Å². The molecule has 0 saturated carbocycles.